The first-order chi connectivity index (χ1) is 9.36. The number of hydrogen-bond acceptors (Lipinski definition) is 2. The lowest BCUT2D eigenvalue weighted by molar-refractivity contribution is 0.530. The maximum atomic E-state index is 3.70. The van der Waals surface area contributed by atoms with E-state index in [9.17, 15) is 0 Å². The van der Waals surface area contributed by atoms with E-state index in [-0.39, 0.29) is 0 Å². The average Bonchev–Trinajstić information content (AvgIpc) is 3.02. The molecule has 2 unspecified atom stereocenters. The molecule has 1 aliphatic rings. The minimum Gasteiger partial charge on any atom is -0.350 e. The van der Waals surface area contributed by atoms with E-state index in [4.69, 9.17) is 0 Å². The lowest BCUT2D eigenvalue weighted by Crippen LogP contribution is -2.34. The van der Waals surface area contributed by atoms with Crippen LogP contribution in [0.2, 0.25) is 0 Å². The van der Waals surface area contributed by atoms with Crippen LogP contribution < -0.4 is 5.32 Å². The second-order valence-electron chi connectivity index (χ2n) is 5.37. The van der Waals surface area contributed by atoms with Gasteiger partial charge in [-0.15, -0.1) is 11.8 Å². The summed E-state index contributed by atoms with van der Waals surface area (Å²) in [7, 11) is 0. The van der Waals surface area contributed by atoms with Crippen molar-refractivity contribution in [2.75, 3.05) is 6.54 Å². The molecule has 102 valence electrons. The molecule has 2 nitrogen and oxygen atoms in total. The van der Waals surface area contributed by atoms with Crippen LogP contribution >= 0.6 is 11.8 Å². The van der Waals surface area contributed by atoms with E-state index < -0.39 is 0 Å². The van der Waals surface area contributed by atoms with Crippen LogP contribution in [0.5, 0.6) is 0 Å². The summed E-state index contributed by atoms with van der Waals surface area (Å²) in [5.41, 5.74) is 1.25. The van der Waals surface area contributed by atoms with Crippen LogP contribution in [-0.2, 0) is 0 Å². The third kappa shape index (κ3) is 2.98. The van der Waals surface area contributed by atoms with E-state index in [2.05, 4.69) is 47.6 Å². The predicted molar refractivity (Wildman–Crippen MR) is 83.9 cm³/mol. The van der Waals surface area contributed by atoms with E-state index in [1.165, 1.54) is 41.6 Å². The molecule has 0 aliphatic heterocycles. The molecule has 1 fully saturated rings. The molecule has 2 aromatic rings. The van der Waals surface area contributed by atoms with Crippen molar-refractivity contribution >= 4 is 22.7 Å². The van der Waals surface area contributed by atoms with Crippen molar-refractivity contribution in [3.05, 3.63) is 30.3 Å². The quantitative estimate of drug-likeness (QED) is 0.856. The van der Waals surface area contributed by atoms with Crippen molar-refractivity contribution in [1.29, 1.82) is 0 Å². The van der Waals surface area contributed by atoms with Crippen LogP contribution in [0.25, 0.3) is 10.9 Å². The third-order valence-corrected chi connectivity index (χ3v) is 5.23. The zero-order valence-electron chi connectivity index (χ0n) is 11.5. The van der Waals surface area contributed by atoms with Gasteiger partial charge in [-0.25, -0.2) is 0 Å². The number of nitrogens with one attached hydrogen (secondary N) is 2. The zero-order chi connectivity index (χ0) is 13.1. The number of H-pyrrole nitrogens is 1. The Balaban J connectivity index is 1.69. The zero-order valence-corrected chi connectivity index (χ0v) is 12.3. The van der Waals surface area contributed by atoms with Crippen molar-refractivity contribution in [2.45, 2.75) is 48.9 Å². The maximum absolute atomic E-state index is 3.70. The summed E-state index contributed by atoms with van der Waals surface area (Å²) in [5.74, 6) is 0. The molecule has 2 atom stereocenters. The van der Waals surface area contributed by atoms with E-state index in [0.717, 1.165) is 11.8 Å². The summed E-state index contributed by atoms with van der Waals surface area (Å²) >= 11 is 2.02. The molecule has 1 saturated carbocycles. The largest absolute Gasteiger partial charge is 0.350 e. The minimum absolute atomic E-state index is 0.691. The van der Waals surface area contributed by atoms with Gasteiger partial charge in [0.2, 0.25) is 0 Å². The maximum Gasteiger partial charge on any atom is 0.0735 e. The predicted octanol–water partition coefficient (Wildman–Crippen LogP) is 4.18. The van der Waals surface area contributed by atoms with Crippen molar-refractivity contribution in [1.82, 2.24) is 10.3 Å². The number of fused-ring (bicyclic) bond motifs is 1. The van der Waals surface area contributed by atoms with Crippen LogP contribution in [0.3, 0.4) is 0 Å². The first kappa shape index (κ1) is 13.1. The fraction of sp³-hybridized carbons (Fsp3) is 0.500. The fourth-order valence-electron chi connectivity index (χ4n) is 2.90. The highest BCUT2D eigenvalue weighted by Gasteiger charge is 2.27. The van der Waals surface area contributed by atoms with E-state index in [1.807, 2.05) is 11.8 Å². The summed E-state index contributed by atoms with van der Waals surface area (Å²) < 4.78 is 0. The van der Waals surface area contributed by atoms with Crippen LogP contribution in [0, 0.1) is 0 Å². The normalized spacial score (nSPS) is 23.2. The molecule has 19 heavy (non-hydrogen) atoms. The topological polar surface area (TPSA) is 27.8 Å². The Labute approximate surface area is 119 Å². The first-order valence-electron chi connectivity index (χ1n) is 7.34. The van der Waals surface area contributed by atoms with Gasteiger partial charge in [0.15, 0.2) is 0 Å². The van der Waals surface area contributed by atoms with E-state index >= 15 is 0 Å². The molecule has 2 N–H and O–H groups in total. The Kier molecular flexibility index (Phi) is 4.14. The molecular formula is C16H22N2S. The first-order valence-corrected chi connectivity index (χ1v) is 8.22. The van der Waals surface area contributed by atoms with Gasteiger partial charge >= 0.3 is 0 Å². The molecule has 1 aromatic carbocycles. The van der Waals surface area contributed by atoms with Crippen molar-refractivity contribution in [2.24, 2.45) is 0 Å². The Morgan fingerprint density at radius 2 is 2.21 bits per heavy atom. The van der Waals surface area contributed by atoms with Gasteiger partial charge in [0.1, 0.15) is 0 Å². The highest BCUT2D eigenvalue weighted by Crippen LogP contribution is 2.35. The summed E-state index contributed by atoms with van der Waals surface area (Å²) in [6.07, 6.45) is 5.25. The minimum atomic E-state index is 0.691. The lowest BCUT2D eigenvalue weighted by Gasteiger charge is -2.19. The van der Waals surface area contributed by atoms with Crippen LogP contribution in [0.1, 0.15) is 32.6 Å². The summed E-state index contributed by atoms with van der Waals surface area (Å²) in [5, 5.41) is 7.06. The summed E-state index contributed by atoms with van der Waals surface area (Å²) in [4.78, 5) is 3.53. The second kappa shape index (κ2) is 6.02. The van der Waals surface area contributed by atoms with Crippen molar-refractivity contribution < 1.29 is 0 Å². The number of thioether (sulfide) groups is 1. The highest BCUT2D eigenvalue weighted by molar-refractivity contribution is 8.00. The Hall–Kier alpha value is -0.930. The molecule has 0 spiro atoms. The number of para-hydroxylation sites is 1. The van der Waals surface area contributed by atoms with Gasteiger partial charge in [0.05, 0.1) is 5.03 Å². The SMILES string of the molecule is CCCNC1CCCC1Sc1cc2ccccc2[nH]1. The molecule has 3 heteroatoms. The Morgan fingerprint density at radius 1 is 1.32 bits per heavy atom. The Morgan fingerprint density at radius 3 is 3.05 bits per heavy atom. The summed E-state index contributed by atoms with van der Waals surface area (Å²) in [6.45, 7) is 3.39. The number of benzene rings is 1. The van der Waals surface area contributed by atoms with Crippen molar-refractivity contribution in [3.63, 3.8) is 0 Å². The fourth-order valence-corrected chi connectivity index (χ4v) is 4.27. The molecule has 0 radical (unpaired) electrons. The van der Waals surface area contributed by atoms with Gasteiger partial charge in [-0.05, 0) is 37.9 Å². The molecule has 1 aliphatic carbocycles. The standard InChI is InChI=1S/C16H22N2S/c1-2-10-17-14-8-5-9-15(14)19-16-11-12-6-3-4-7-13(12)18-16/h3-4,6-7,11,14-15,17-18H,2,5,8-10H2,1H3. The number of aromatic nitrogens is 1. The van der Waals surface area contributed by atoms with Gasteiger partial charge in [-0.3, -0.25) is 0 Å². The number of aromatic amines is 1. The highest BCUT2D eigenvalue weighted by atomic mass is 32.2. The average molecular weight is 274 g/mol. The second-order valence-corrected chi connectivity index (χ2v) is 6.65. The molecule has 0 saturated heterocycles. The molecule has 3 rings (SSSR count). The summed E-state index contributed by atoms with van der Waals surface area (Å²) in [6, 6.07) is 11.5. The van der Waals surface area contributed by atoms with Gasteiger partial charge in [-0.2, -0.15) is 0 Å². The van der Waals surface area contributed by atoms with Crippen LogP contribution in [0.4, 0.5) is 0 Å². The smallest absolute Gasteiger partial charge is 0.0735 e. The van der Waals surface area contributed by atoms with E-state index in [1.54, 1.807) is 0 Å². The number of rotatable bonds is 5. The monoisotopic (exact) mass is 274 g/mol. The van der Waals surface area contributed by atoms with Crippen LogP contribution in [0.15, 0.2) is 35.4 Å². The van der Waals surface area contributed by atoms with E-state index in [0.29, 0.717) is 6.04 Å². The molecule has 1 heterocycles. The van der Waals surface area contributed by atoms with Gasteiger partial charge < -0.3 is 10.3 Å². The molecule has 0 amide bonds. The molecule has 0 bridgehead atoms. The van der Waals surface area contributed by atoms with Gasteiger partial charge in [0, 0.05) is 22.2 Å². The molecular weight excluding hydrogens is 252 g/mol. The van der Waals surface area contributed by atoms with Gasteiger partial charge in [0.25, 0.3) is 0 Å². The van der Waals surface area contributed by atoms with Crippen LogP contribution in [-0.4, -0.2) is 22.8 Å². The van der Waals surface area contributed by atoms with Gasteiger partial charge in [-0.1, -0.05) is 31.5 Å². The van der Waals surface area contributed by atoms with Crippen molar-refractivity contribution in [3.8, 4) is 0 Å². The third-order valence-electron chi connectivity index (χ3n) is 3.89. The number of hydrogen-bond donors (Lipinski definition) is 2. The Bertz CT molecular complexity index is 501. The lowest BCUT2D eigenvalue weighted by atomic mass is 10.2. The molecule has 1 aromatic heterocycles.